The molecular weight excluding hydrogens is 1740 g/mol. The second-order valence-corrected chi connectivity index (χ2v) is 33.7. The Morgan fingerprint density at radius 3 is 0.780 bits per heavy atom. The molecule has 0 bridgehead atoms. The Kier molecular flexibility index (Phi) is 27.9. The summed E-state index contributed by atoms with van der Waals surface area (Å²) >= 11 is 9.38. The van der Waals surface area contributed by atoms with Gasteiger partial charge in [-0.2, -0.15) is 0 Å². The largest absolute Gasteiger partial charge is 0.508 e. The van der Waals surface area contributed by atoms with Crippen LogP contribution < -0.4 is 21.3 Å². The quantitative estimate of drug-likeness (QED) is 0.0342. The van der Waals surface area contributed by atoms with Crippen LogP contribution in [0.1, 0.15) is 89.5 Å². The van der Waals surface area contributed by atoms with Crippen LogP contribution in [0, 0.1) is 5.82 Å². The Hall–Kier alpha value is -14.8. The maximum Gasteiger partial charge on any atom is 0.230 e. The third-order valence-corrected chi connectivity index (χ3v) is 24.0. The van der Waals surface area contributed by atoms with E-state index in [-0.39, 0.29) is 87.3 Å². The van der Waals surface area contributed by atoms with Gasteiger partial charge < -0.3 is 46.8 Å². The molecule has 4 amide bonds. The Labute approximate surface area is 774 Å². The number of aliphatic hydroxyl groups excluding tert-OH is 4. The van der Waals surface area contributed by atoms with Crippen LogP contribution in [-0.4, -0.2) is 89.0 Å². The van der Waals surface area contributed by atoms with E-state index in [1.165, 1.54) is 12.1 Å². The van der Waals surface area contributed by atoms with Gasteiger partial charge in [0.25, 0.3) is 0 Å². The Morgan fingerprint density at radius 1 is 0.288 bits per heavy atom. The highest BCUT2D eigenvalue weighted by atomic mass is 79.9. The van der Waals surface area contributed by atoms with E-state index in [1.54, 1.807) is 48.5 Å². The van der Waals surface area contributed by atoms with Crippen LogP contribution in [0.5, 0.6) is 5.75 Å². The molecule has 21 nitrogen and oxygen atoms in total. The number of hydrogen-bond acceptors (Lipinski definition) is 17. The molecule has 4 aromatic heterocycles. The molecule has 24 heteroatoms. The predicted octanol–water partition coefficient (Wildman–Crippen LogP) is 19.6. The normalized spacial score (nSPS) is 12.1. The molecule has 4 aliphatic rings. The number of aromatic nitrogens is 8. The summed E-state index contributed by atoms with van der Waals surface area (Å²) < 4.78 is 14.2. The molecule has 0 saturated heterocycles. The average molecular weight is 1830 g/mol. The van der Waals surface area contributed by atoms with Gasteiger partial charge in [-0.3, -0.25) is 19.2 Å². The molecule has 0 atom stereocenters. The topological polar surface area (TPSA) is 321 Å². The van der Waals surface area contributed by atoms with E-state index < -0.39 is 0 Å². The molecule has 4 heterocycles. The first kappa shape index (κ1) is 89.2. The van der Waals surface area contributed by atoms with Crippen molar-refractivity contribution in [3.63, 3.8) is 0 Å². The third-order valence-electron chi connectivity index (χ3n) is 23.2. The zero-order valence-electron chi connectivity index (χ0n) is 71.6. The van der Waals surface area contributed by atoms with Gasteiger partial charge in [-0.05, 0) is 167 Å². The van der Waals surface area contributed by atoms with Crippen LogP contribution in [0.2, 0.25) is 5.02 Å². The number of anilines is 4. The highest BCUT2D eigenvalue weighted by Crippen LogP contribution is 2.42. The zero-order chi connectivity index (χ0) is 91.1. The van der Waals surface area contributed by atoms with Crippen LogP contribution in [0.4, 0.5) is 27.7 Å². The number of halogens is 3. The molecular formula is C108H89BrClFN12O9. The maximum atomic E-state index is 13.2. The molecule has 12 aromatic carbocycles. The van der Waals surface area contributed by atoms with Crippen LogP contribution in [0.3, 0.4) is 0 Å². The van der Waals surface area contributed by atoms with E-state index in [0.29, 0.717) is 63.9 Å². The van der Waals surface area contributed by atoms with Crippen molar-refractivity contribution in [3.05, 3.63) is 396 Å². The van der Waals surface area contributed by atoms with E-state index in [9.17, 15) is 49.1 Å². The van der Waals surface area contributed by atoms with E-state index >= 15 is 0 Å². The number of nitrogens with zero attached hydrogens (tertiary/aromatic N) is 8. The SMILES string of the molecule is O=C(Cc1ccc(Br)cc1)Nc1nc2c(nc1-c1ccccc1)-c1ccc(CO)cc1CC2.O=C(Cc1ccc(Cl)cc1)Nc1nc2c(nc1-c1ccccc1)-c1ccc(CO)cc1CC2.O=C(Cc1ccc(F)cc1)Nc1nc2c(nc1-c1ccccc1)-c1ccc(CO)cc1CC2.O=C(Cc1ccc(O)cc1)Nc1nc2c(nc1-c1ccccc1)-c1ccc(CO)cc1CC2. The lowest BCUT2D eigenvalue weighted by Crippen LogP contribution is -2.19. The number of hydrogen-bond donors (Lipinski definition) is 9. The summed E-state index contributed by atoms with van der Waals surface area (Å²) in [4.78, 5) is 90.7. The van der Waals surface area contributed by atoms with E-state index in [1.807, 2.05) is 231 Å². The van der Waals surface area contributed by atoms with Gasteiger partial charge in [0.05, 0.1) is 97.7 Å². The average Bonchev–Trinajstić information content (AvgIpc) is 0.776. The van der Waals surface area contributed by atoms with Gasteiger partial charge in [0.15, 0.2) is 23.3 Å². The molecule has 20 rings (SSSR count). The second kappa shape index (κ2) is 41.3. The van der Waals surface area contributed by atoms with Crippen LogP contribution in [-0.2, 0) is 123 Å². The summed E-state index contributed by atoms with van der Waals surface area (Å²) in [7, 11) is 0. The van der Waals surface area contributed by atoms with Gasteiger partial charge >= 0.3 is 0 Å². The molecule has 656 valence electrons. The third kappa shape index (κ3) is 21.4. The highest BCUT2D eigenvalue weighted by Gasteiger charge is 2.30. The number of carbonyl (C=O) groups excluding carboxylic acids is 4. The smallest absolute Gasteiger partial charge is 0.230 e. The van der Waals surface area contributed by atoms with Crippen LogP contribution in [0.15, 0.2) is 296 Å². The number of phenolic OH excluding ortho intramolecular Hbond substituents is 1. The molecule has 4 aliphatic carbocycles. The zero-order valence-corrected chi connectivity index (χ0v) is 73.9. The first-order valence-electron chi connectivity index (χ1n) is 43.4. The fourth-order valence-corrected chi connectivity index (χ4v) is 17.0. The van der Waals surface area contributed by atoms with E-state index in [4.69, 9.17) is 51.5 Å². The number of amides is 4. The predicted molar refractivity (Wildman–Crippen MR) is 514 cm³/mol. The molecule has 0 fully saturated rings. The minimum absolute atomic E-state index is 0.000105. The van der Waals surface area contributed by atoms with Crippen molar-refractivity contribution in [2.24, 2.45) is 0 Å². The summed E-state index contributed by atoms with van der Waals surface area (Å²) in [6.07, 6.45) is 6.84. The summed E-state index contributed by atoms with van der Waals surface area (Å²) in [6.45, 7) is 0.0390. The fraction of sp³-hybridized carbons (Fsp3) is 0.148. The minimum atomic E-state index is -0.336. The molecule has 0 unspecified atom stereocenters. The van der Waals surface area contributed by atoms with E-state index in [0.717, 1.165) is 200 Å². The van der Waals surface area contributed by atoms with E-state index in [2.05, 4.69) is 37.2 Å². The molecule has 132 heavy (non-hydrogen) atoms. The molecule has 0 saturated carbocycles. The lowest BCUT2D eigenvalue weighted by atomic mass is 9.90. The van der Waals surface area contributed by atoms with Crippen LogP contribution in [0.25, 0.3) is 90.1 Å². The first-order chi connectivity index (χ1) is 64.4. The summed E-state index contributed by atoms with van der Waals surface area (Å²) in [5, 5.41) is 59.9. The number of carbonyl (C=O) groups is 4. The number of aliphatic hydroxyl groups is 4. The molecule has 9 N–H and O–H groups in total. The number of aromatic hydroxyl groups is 1. The van der Waals surface area contributed by atoms with Crippen molar-refractivity contribution in [1.29, 1.82) is 0 Å². The van der Waals surface area contributed by atoms with Crippen LogP contribution >= 0.6 is 27.5 Å². The van der Waals surface area contributed by atoms with Gasteiger partial charge in [-0.25, -0.2) is 44.3 Å². The highest BCUT2D eigenvalue weighted by molar-refractivity contribution is 9.10. The standard InChI is InChI=1S/C27H22BrN3O2.C27H22ClN3O2.C27H22FN3O2.C27H23N3O3/c3*28-21-10-6-17(7-11-21)15-24(33)30-27-25(19-4-2-1-3-5-19)31-26-22-12-8-18(16-32)14-20(22)9-13-23(26)29-27;31-16-18-8-12-22-20(14-18)9-13-23-26(22)30-25(19-4-2-1-3-5-19)27(28-23)29-24(33)15-17-6-10-21(32)11-7-17/h3*1-8,10-12,14,32H,9,13,15-16H2,(H,29,30,33);1-8,10-12,14,31-32H,9,13,15-16H2,(H,28,29,33). The number of phenols is 1. The van der Waals surface area contributed by atoms with Crippen molar-refractivity contribution in [2.75, 3.05) is 21.3 Å². The monoisotopic (exact) mass is 1830 g/mol. The number of aryl methyl sites for hydroxylation is 8. The van der Waals surface area contributed by atoms with Crippen molar-refractivity contribution < 1.29 is 49.1 Å². The van der Waals surface area contributed by atoms with Gasteiger partial charge in [-0.15, -0.1) is 0 Å². The Balaban J connectivity index is 0.000000123. The van der Waals surface area contributed by atoms with Crippen molar-refractivity contribution in [2.45, 2.75) is 103 Å². The number of nitrogens with one attached hydrogen (secondary N) is 4. The Bertz CT molecular complexity index is 6120. The molecule has 0 radical (unpaired) electrons. The number of fused-ring (bicyclic) bond motifs is 12. The summed E-state index contributed by atoms with van der Waals surface area (Å²) in [5.41, 5.74) is 28.2. The Morgan fingerprint density at radius 2 is 0.523 bits per heavy atom. The summed E-state index contributed by atoms with van der Waals surface area (Å²) in [6, 6.07) is 90.0. The lowest BCUT2D eigenvalue weighted by Gasteiger charge is -2.21. The van der Waals surface area contributed by atoms with Crippen molar-refractivity contribution in [1.82, 2.24) is 39.9 Å². The first-order valence-corrected chi connectivity index (χ1v) is 44.6. The van der Waals surface area contributed by atoms with Gasteiger partial charge in [0.1, 0.15) is 34.3 Å². The van der Waals surface area contributed by atoms with Gasteiger partial charge in [0.2, 0.25) is 23.6 Å². The number of benzene rings is 12. The molecule has 0 aliphatic heterocycles. The number of rotatable bonds is 20. The van der Waals surface area contributed by atoms with Crippen molar-refractivity contribution in [3.8, 4) is 95.8 Å². The second-order valence-electron chi connectivity index (χ2n) is 32.4. The van der Waals surface area contributed by atoms with Gasteiger partial charge in [0, 0.05) is 54.0 Å². The van der Waals surface area contributed by atoms with Gasteiger partial charge in [-0.1, -0.05) is 270 Å². The minimum Gasteiger partial charge on any atom is -0.508 e. The lowest BCUT2D eigenvalue weighted by molar-refractivity contribution is -0.116. The molecule has 16 aromatic rings. The van der Waals surface area contributed by atoms with Crippen molar-refractivity contribution >= 4 is 74.4 Å². The molecule has 0 spiro atoms. The maximum absolute atomic E-state index is 13.2. The fourth-order valence-electron chi connectivity index (χ4n) is 16.6. The summed E-state index contributed by atoms with van der Waals surface area (Å²) in [5.74, 6) is 0.913.